The lowest BCUT2D eigenvalue weighted by Crippen LogP contribution is -2.50. The molecule has 3 rings (SSSR count). The number of carbonyl (C=O) groups excluding carboxylic acids is 1. The molecule has 1 spiro atoms. The molecule has 1 fully saturated rings. The largest absolute Gasteiger partial charge is 0.482 e. The standard InChI is InChI=1S/C19H25NO3/c1-14-13-19(22-16-8-6-5-7-15(14)16)9-11-20(12-10-19)17(21)23-18(2,3)4/h5-8,13H,9-12H2,1-4H3. The van der Waals surface area contributed by atoms with Gasteiger partial charge in [0.25, 0.3) is 0 Å². The van der Waals surface area contributed by atoms with Crippen LogP contribution in [0.5, 0.6) is 5.75 Å². The zero-order chi connectivity index (χ0) is 16.7. The van der Waals surface area contributed by atoms with Crippen LogP contribution >= 0.6 is 0 Å². The molecule has 0 N–H and O–H groups in total. The number of para-hydroxylation sites is 1. The van der Waals surface area contributed by atoms with E-state index in [0.29, 0.717) is 13.1 Å². The lowest BCUT2D eigenvalue weighted by Gasteiger charge is -2.42. The molecule has 0 aromatic heterocycles. The van der Waals surface area contributed by atoms with Crippen molar-refractivity contribution >= 4 is 11.7 Å². The fourth-order valence-corrected chi connectivity index (χ4v) is 3.24. The highest BCUT2D eigenvalue weighted by Crippen LogP contribution is 2.40. The molecule has 2 heterocycles. The molecule has 0 aliphatic carbocycles. The van der Waals surface area contributed by atoms with Crippen molar-refractivity contribution in [2.45, 2.75) is 51.7 Å². The Morgan fingerprint density at radius 3 is 2.52 bits per heavy atom. The number of nitrogens with zero attached hydrogens (tertiary/aromatic N) is 1. The molecule has 4 nitrogen and oxygen atoms in total. The summed E-state index contributed by atoms with van der Waals surface area (Å²) in [6, 6.07) is 8.14. The van der Waals surface area contributed by atoms with Crippen molar-refractivity contribution in [2.75, 3.05) is 13.1 Å². The molecule has 4 heteroatoms. The zero-order valence-corrected chi connectivity index (χ0v) is 14.4. The SMILES string of the molecule is CC1=CC2(CCN(C(=O)OC(C)(C)C)CC2)Oc2ccccc21. The first-order valence-corrected chi connectivity index (χ1v) is 8.24. The summed E-state index contributed by atoms with van der Waals surface area (Å²) in [5, 5.41) is 0. The number of hydrogen-bond acceptors (Lipinski definition) is 3. The van der Waals surface area contributed by atoms with Gasteiger partial charge in [-0.15, -0.1) is 0 Å². The summed E-state index contributed by atoms with van der Waals surface area (Å²) in [4.78, 5) is 14.0. The predicted molar refractivity (Wildman–Crippen MR) is 90.5 cm³/mol. The highest BCUT2D eigenvalue weighted by molar-refractivity contribution is 5.72. The van der Waals surface area contributed by atoms with Crippen LogP contribution in [0.1, 0.15) is 46.1 Å². The summed E-state index contributed by atoms with van der Waals surface area (Å²) in [5.74, 6) is 0.943. The van der Waals surface area contributed by atoms with Gasteiger partial charge in [-0.05, 0) is 45.4 Å². The number of piperidine rings is 1. The van der Waals surface area contributed by atoms with Gasteiger partial charge in [0.2, 0.25) is 0 Å². The van der Waals surface area contributed by atoms with Gasteiger partial charge in [0, 0.05) is 31.5 Å². The monoisotopic (exact) mass is 315 g/mol. The molecule has 0 radical (unpaired) electrons. The van der Waals surface area contributed by atoms with E-state index in [1.807, 2.05) is 39.0 Å². The maximum atomic E-state index is 12.2. The van der Waals surface area contributed by atoms with Gasteiger partial charge >= 0.3 is 6.09 Å². The van der Waals surface area contributed by atoms with E-state index in [4.69, 9.17) is 9.47 Å². The van der Waals surface area contributed by atoms with E-state index in [9.17, 15) is 4.79 Å². The second-order valence-electron chi connectivity index (χ2n) is 7.46. The first kappa shape index (κ1) is 15.9. The lowest BCUT2D eigenvalue weighted by atomic mass is 9.85. The zero-order valence-electron chi connectivity index (χ0n) is 14.4. The normalized spacial score (nSPS) is 19.7. The Kier molecular flexibility index (Phi) is 3.86. The van der Waals surface area contributed by atoms with Crippen molar-refractivity contribution in [1.29, 1.82) is 0 Å². The third kappa shape index (κ3) is 3.36. The lowest BCUT2D eigenvalue weighted by molar-refractivity contribution is -0.00118. The summed E-state index contributed by atoms with van der Waals surface area (Å²) in [5.41, 5.74) is 1.66. The fraction of sp³-hybridized carbons (Fsp3) is 0.526. The highest BCUT2D eigenvalue weighted by atomic mass is 16.6. The molecule has 1 amide bonds. The molecular formula is C19H25NO3. The van der Waals surface area contributed by atoms with Crippen molar-refractivity contribution in [2.24, 2.45) is 0 Å². The Morgan fingerprint density at radius 2 is 1.87 bits per heavy atom. The highest BCUT2D eigenvalue weighted by Gasteiger charge is 2.39. The summed E-state index contributed by atoms with van der Waals surface area (Å²) >= 11 is 0. The van der Waals surface area contributed by atoms with Gasteiger partial charge < -0.3 is 14.4 Å². The smallest absolute Gasteiger partial charge is 0.410 e. The average Bonchev–Trinajstić information content (AvgIpc) is 2.46. The molecular weight excluding hydrogens is 290 g/mol. The number of fused-ring (bicyclic) bond motifs is 1. The minimum Gasteiger partial charge on any atom is -0.482 e. The van der Waals surface area contributed by atoms with Crippen molar-refractivity contribution in [3.8, 4) is 5.75 Å². The number of carbonyl (C=O) groups is 1. The summed E-state index contributed by atoms with van der Waals surface area (Å²) in [7, 11) is 0. The number of hydrogen-bond donors (Lipinski definition) is 0. The molecule has 0 saturated carbocycles. The maximum Gasteiger partial charge on any atom is 0.410 e. The molecule has 23 heavy (non-hydrogen) atoms. The van der Waals surface area contributed by atoms with Crippen LogP contribution < -0.4 is 4.74 Å². The van der Waals surface area contributed by atoms with E-state index in [1.165, 1.54) is 5.57 Å². The Balaban J connectivity index is 1.70. The van der Waals surface area contributed by atoms with Crippen LogP contribution in [0.15, 0.2) is 30.3 Å². The predicted octanol–water partition coefficient (Wildman–Crippen LogP) is 4.25. The number of likely N-dealkylation sites (tertiary alicyclic amines) is 1. The van der Waals surface area contributed by atoms with E-state index < -0.39 is 5.60 Å². The summed E-state index contributed by atoms with van der Waals surface area (Å²) < 4.78 is 11.8. The van der Waals surface area contributed by atoms with Crippen LogP contribution in [-0.4, -0.2) is 35.3 Å². The minimum absolute atomic E-state index is 0.232. The molecule has 0 atom stereocenters. The van der Waals surface area contributed by atoms with Crippen molar-refractivity contribution in [3.63, 3.8) is 0 Å². The van der Waals surface area contributed by atoms with Gasteiger partial charge in [0.05, 0.1) is 0 Å². The van der Waals surface area contributed by atoms with Crippen LogP contribution in [0, 0.1) is 0 Å². The maximum absolute atomic E-state index is 12.2. The molecule has 2 aliphatic rings. The Morgan fingerprint density at radius 1 is 1.22 bits per heavy atom. The minimum atomic E-state index is -0.455. The van der Waals surface area contributed by atoms with E-state index in [0.717, 1.165) is 24.2 Å². The molecule has 0 unspecified atom stereocenters. The van der Waals surface area contributed by atoms with Gasteiger partial charge in [-0.25, -0.2) is 4.79 Å². The quantitative estimate of drug-likeness (QED) is 0.718. The van der Waals surface area contributed by atoms with Crippen LogP contribution in [-0.2, 0) is 4.74 Å². The number of amides is 1. The van der Waals surface area contributed by atoms with Gasteiger partial charge in [0.15, 0.2) is 0 Å². The number of ether oxygens (including phenoxy) is 2. The molecule has 124 valence electrons. The van der Waals surface area contributed by atoms with Crippen molar-refractivity contribution < 1.29 is 14.3 Å². The first-order chi connectivity index (χ1) is 10.8. The van der Waals surface area contributed by atoms with Gasteiger partial charge in [-0.3, -0.25) is 0 Å². The average molecular weight is 315 g/mol. The van der Waals surface area contributed by atoms with Gasteiger partial charge in [0.1, 0.15) is 17.0 Å². The van der Waals surface area contributed by atoms with Gasteiger partial charge in [-0.1, -0.05) is 18.2 Å². The first-order valence-electron chi connectivity index (χ1n) is 8.24. The third-order valence-electron chi connectivity index (χ3n) is 4.37. The number of benzene rings is 1. The number of rotatable bonds is 0. The van der Waals surface area contributed by atoms with Crippen LogP contribution in [0.2, 0.25) is 0 Å². The van der Waals surface area contributed by atoms with E-state index in [2.05, 4.69) is 19.1 Å². The molecule has 1 aromatic carbocycles. The van der Waals surface area contributed by atoms with Crippen LogP contribution in [0.4, 0.5) is 4.79 Å². The summed E-state index contributed by atoms with van der Waals surface area (Å²) in [6.45, 7) is 9.11. The van der Waals surface area contributed by atoms with Crippen LogP contribution in [0.25, 0.3) is 5.57 Å². The van der Waals surface area contributed by atoms with E-state index in [-0.39, 0.29) is 11.7 Å². The topological polar surface area (TPSA) is 38.8 Å². The summed E-state index contributed by atoms with van der Waals surface area (Å²) in [6.07, 6.45) is 3.57. The molecule has 1 saturated heterocycles. The Hall–Kier alpha value is -1.97. The van der Waals surface area contributed by atoms with E-state index >= 15 is 0 Å². The number of allylic oxidation sites excluding steroid dienone is 1. The Labute approximate surface area is 138 Å². The molecule has 0 bridgehead atoms. The second-order valence-corrected chi connectivity index (χ2v) is 7.46. The molecule has 2 aliphatic heterocycles. The van der Waals surface area contributed by atoms with Crippen molar-refractivity contribution in [1.82, 2.24) is 4.90 Å². The van der Waals surface area contributed by atoms with Crippen molar-refractivity contribution in [3.05, 3.63) is 35.9 Å². The molecule has 1 aromatic rings. The third-order valence-corrected chi connectivity index (χ3v) is 4.37. The second kappa shape index (κ2) is 5.59. The van der Waals surface area contributed by atoms with E-state index in [1.54, 1.807) is 4.90 Å². The fourth-order valence-electron chi connectivity index (χ4n) is 3.24. The van der Waals surface area contributed by atoms with Crippen LogP contribution in [0.3, 0.4) is 0 Å². The Bertz CT molecular complexity index is 634. The van der Waals surface area contributed by atoms with Gasteiger partial charge in [-0.2, -0.15) is 0 Å².